The molecule has 1 heterocycles. The van der Waals surface area contributed by atoms with E-state index in [1.165, 1.54) is 4.90 Å². The molecule has 5 nitrogen and oxygen atoms in total. The average molecular weight is 343 g/mol. The number of para-hydroxylation sites is 1. The standard InChI is InChI=1S/C16H20F3N3O2/c1-2-12-6-3-4-7-13(12)20-15(24)22-9-5-8-21(10-11-22)14(23)16(17,18)19/h3-4,6-7H,2,5,8-11H2,1H3,(H,20,24). The minimum atomic E-state index is -4.88. The summed E-state index contributed by atoms with van der Waals surface area (Å²) in [4.78, 5) is 25.9. The zero-order valence-electron chi connectivity index (χ0n) is 13.4. The van der Waals surface area contributed by atoms with E-state index in [-0.39, 0.29) is 25.7 Å². The number of nitrogens with zero attached hydrogens (tertiary/aromatic N) is 2. The van der Waals surface area contributed by atoms with Crippen LogP contribution in [0, 0.1) is 0 Å². The van der Waals surface area contributed by atoms with Crippen molar-refractivity contribution in [2.75, 3.05) is 31.5 Å². The first kappa shape index (κ1) is 18.1. The fourth-order valence-corrected chi connectivity index (χ4v) is 2.65. The molecule has 0 unspecified atom stereocenters. The van der Waals surface area contributed by atoms with Crippen molar-refractivity contribution in [3.8, 4) is 0 Å². The maximum absolute atomic E-state index is 12.5. The first-order valence-electron chi connectivity index (χ1n) is 7.83. The van der Waals surface area contributed by atoms with Crippen molar-refractivity contribution in [1.29, 1.82) is 0 Å². The van der Waals surface area contributed by atoms with E-state index in [0.29, 0.717) is 18.7 Å². The number of amides is 3. The van der Waals surface area contributed by atoms with Gasteiger partial charge >= 0.3 is 18.1 Å². The summed E-state index contributed by atoms with van der Waals surface area (Å²) in [5.41, 5.74) is 1.67. The third-order valence-electron chi connectivity index (χ3n) is 3.95. The van der Waals surface area contributed by atoms with Crippen LogP contribution in [0.15, 0.2) is 24.3 Å². The summed E-state index contributed by atoms with van der Waals surface area (Å²) in [6.07, 6.45) is -3.81. The Morgan fingerprint density at radius 1 is 1.08 bits per heavy atom. The molecule has 1 N–H and O–H groups in total. The maximum atomic E-state index is 12.5. The molecule has 0 spiro atoms. The Hall–Kier alpha value is -2.25. The van der Waals surface area contributed by atoms with Crippen molar-refractivity contribution in [2.24, 2.45) is 0 Å². The first-order chi connectivity index (χ1) is 11.3. The van der Waals surface area contributed by atoms with Gasteiger partial charge in [-0.15, -0.1) is 0 Å². The van der Waals surface area contributed by atoms with Gasteiger partial charge in [-0.3, -0.25) is 4.79 Å². The van der Waals surface area contributed by atoms with E-state index < -0.39 is 12.1 Å². The van der Waals surface area contributed by atoms with Crippen LogP contribution in [0.1, 0.15) is 18.9 Å². The largest absolute Gasteiger partial charge is 0.471 e. The highest BCUT2D eigenvalue weighted by molar-refractivity contribution is 5.90. The molecule has 132 valence electrons. The van der Waals surface area contributed by atoms with Gasteiger partial charge in [-0.2, -0.15) is 13.2 Å². The van der Waals surface area contributed by atoms with Gasteiger partial charge in [0.15, 0.2) is 0 Å². The molecule has 1 aliphatic rings. The number of benzene rings is 1. The van der Waals surface area contributed by atoms with Gasteiger partial charge in [0.1, 0.15) is 0 Å². The highest BCUT2D eigenvalue weighted by Crippen LogP contribution is 2.20. The highest BCUT2D eigenvalue weighted by Gasteiger charge is 2.42. The summed E-state index contributed by atoms with van der Waals surface area (Å²) >= 11 is 0. The van der Waals surface area contributed by atoms with Crippen molar-refractivity contribution in [2.45, 2.75) is 25.9 Å². The predicted octanol–water partition coefficient (Wildman–Crippen LogP) is 2.88. The van der Waals surface area contributed by atoms with Gasteiger partial charge in [0, 0.05) is 31.9 Å². The SMILES string of the molecule is CCc1ccccc1NC(=O)N1CCCN(C(=O)C(F)(F)F)CC1. The number of carbonyl (C=O) groups is 2. The summed E-state index contributed by atoms with van der Waals surface area (Å²) in [5.74, 6) is -1.85. The maximum Gasteiger partial charge on any atom is 0.471 e. The summed E-state index contributed by atoms with van der Waals surface area (Å²) in [6, 6.07) is 7.01. The van der Waals surface area contributed by atoms with Crippen molar-refractivity contribution < 1.29 is 22.8 Å². The Bertz CT molecular complexity index is 604. The van der Waals surface area contributed by atoms with Crippen LogP contribution < -0.4 is 5.32 Å². The fourth-order valence-electron chi connectivity index (χ4n) is 2.65. The van der Waals surface area contributed by atoms with Crippen LogP contribution >= 0.6 is 0 Å². The number of urea groups is 1. The zero-order valence-corrected chi connectivity index (χ0v) is 13.4. The third-order valence-corrected chi connectivity index (χ3v) is 3.95. The van der Waals surface area contributed by atoms with Crippen LogP contribution in [0.3, 0.4) is 0 Å². The summed E-state index contributed by atoms with van der Waals surface area (Å²) < 4.78 is 37.5. The average Bonchev–Trinajstić information content (AvgIpc) is 2.79. The number of rotatable bonds is 2. The molecule has 0 radical (unpaired) electrons. The van der Waals surface area contributed by atoms with Gasteiger partial charge in [-0.25, -0.2) is 4.79 Å². The van der Waals surface area contributed by atoms with Crippen LogP contribution in [-0.4, -0.2) is 54.1 Å². The molecule has 0 bridgehead atoms. The van der Waals surface area contributed by atoms with E-state index in [1.54, 1.807) is 12.1 Å². The monoisotopic (exact) mass is 343 g/mol. The van der Waals surface area contributed by atoms with Gasteiger partial charge in [0.05, 0.1) is 0 Å². The van der Waals surface area contributed by atoms with E-state index >= 15 is 0 Å². The summed E-state index contributed by atoms with van der Waals surface area (Å²) in [6.45, 7) is 2.22. The van der Waals surface area contributed by atoms with Crippen LogP contribution in [-0.2, 0) is 11.2 Å². The molecule has 1 aliphatic heterocycles. The minimum Gasteiger partial charge on any atom is -0.333 e. The molecule has 1 aromatic rings. The molecule has 1 saturated heterocycles. The number of nitrogens with one attached hydrogen (secondary N) is 1. The quantitative estimate of drug-likeness (QED) is 0.898. The summed E-state index contributed by atoms with van der Waals surface area (Å²) in [5, 5.41) is 2.79. The highest BCUT2D eigenvalue weighted by atomic mass is 19.4. The van der Waals surface area contributed by atoms with Gasteiger partial charge < -0.3 is 15.1 Å². The molecule has 0 aliphatic carbocycles. The van der Waals surface area contributed by atoms with E-state index in [0.717, 1.165) is 16.9 Å². The lowest BCUT2D eigenvalue weighted by Gasteiger charge is -2.23. The van der Waals surface area contributed by atoms with E-state index in [1.807, 2.05) is 19.1 Å². The second-order valence-corrected chi connectivity index (χ2v) is 5.57. The number of hydrogen-bond acceptors (Lipinski definition) is 2. The van der Waals surface area contributed by atoms with Crippen LogP contribution in [0.4, 0.5) is 23.7 Å². The van der Waals surface area contributed by atoms with Gasteiger partial charge in [-0.05, 0) is 24.5 Å². The van der Waals surface area contributed by atoms with Gasteiger partial charge in [0.2, 0.25) is 0 Å². The normalized spacial score (nSPS) is 15.8. The molecule has 1 aromatic carbocycles. The van der Waals surface area contributed by atoms with E-state index in [9.17, 15) is 22.8 Å². The number of carbonyl (C=O) groups excluding carboxylic acids is 2. The lowest BCUT2D eigenvalue weighted by molar-refractivity contribution is -0.185. The van der Waals surface area contributed by atoms with E-state index in [4.69, 9.17) is 0 Å². The van der Waals surface area contributed by atoms with Crippen LogP contribution in [0.25, 0.3) is 0 Å². The lowest BCUT2D eigenvalue weighted by atomic mass is 10.1. The second-order valence-electron chi connectivity index (χ2n) is 5.57. The molecule has 0 aromatic heterocycles. The second kappa shape index (κ2) is 7.55. The molecule has 1 fully saturated rings. The molecule has 8 heteroatoms. The Labute approximate surface area is 138 Å². The van der Waals surface area contributed by atoms with Crippen LogP contribution in [0.5, 0.6) is 0 Å². The molecule has 0 atom stereocenters. The number of halogens is 3. The van der Waals surface area contributed by atoms with Crippen molar-refractivity contribution in [1.82, 2.24) is 9.80 Å². The Morgan fingerprint density at radius 2 is 1.71 bits per heavy atom. The number of anilines is 1. The van der Waals surface area contributed by atoms with Gasteiger partial charge in [0.25, 0.3) is 0 Å². The molecular formula is C16H20F3N3O2. The Balaban J connectivity index is 1.98. The molecular weight excluding hydrogens is 323 g/mol. The van der Waals surface area contributed by atoms with Crippen LogP contribution in [0.2, 0.25) is 0 Å². The molecule has 2 rings (SSSR count). The van der Waals surface area contributed by atoms with Crippen molar-refractivity contribution in [3.63, 3.8) is 0 Å². The Morgan fingerprint density at radius 3 is 2.38 bits per heavy atom. The molecule has 24 heavy (non-hydrogen) atoms. The van der Waals surface area contributed by atoms with Gasteiger partial charge in [-0.1, -0.05) is 25.1 Å². The molecule has 3 amide bonds. The number of aryl methyl sites for hydroxylation is 1. The number of alkyl halides is 3. The minimum absolute atomic E-state index is 0.00628. The number of hydrogen-bond donors (Lipinski definition) is 1. The predicted molar refractivity (Wildman–Crippen MR) is 83.7 cm³/mol. The van der Waals surface area contributed by atoms with E-state index in [2.05, 4.69) is 5.32 Å². The molecule has 0 saturated carbocycles. The topological polar surface area (TPSA) is 52.7 Å². The third kappa shape index (κ3) is 4.39. The van der Waals surface area contributed by atoms with Crippen molar-refractivity contribution >= 4 is 17.6 Å². The summed E-state index contributed by atoms with van der Waals surface area (Å²) in [7, 11) is 0. The first-order valence-corrected chi connectivity index (χ1v) is 7.83. The smallest absolute Gasteiger partial charge is 0.333 e. The zero-order chi connectivity index (χ0) is 17.7. The Kier molecular flexibility index (Phi) is 5.69. The lowest BCUT2D eigenvalue weighted by Crippen LogP contribution is -2.44. The van der Waals surface area contributed by atoms with Crippen molar-refractivity contribution in [3.05, 3.63) is 29.8 Å². The fraction of sp³-hybridized carbons (Fsp3) is 0.500.